The molecular formula is C20H15Cl4F3O3. The van der Waals surface area contributed by atoms with Crippen molar-refractivity contribution in [1.82, 2.24) is 0 Å². The minimum atomic E-state index is -4.41. The van der Waals surface area contributed by atoms with Gasteiger partial charge in [0.2, 0.25) is 0 Å². The van der Waals surface area contributed by atoms with E-state index in [-0.39, 0.29) is 39.7 Å². The Balaban J connectivity index is 1.91. The second-order valence-corrected chi connectivity index (χ2v) is 7.87. The van der Waals surface area contributed by atoms with Gasteiger partial charge < -0.3 is 9.47 Å². The standard InChI is InChI=1S/C20H15Cl4F3O3/c21-15-10-14(29-8-7-17(23)24)11-16(22)19(15)30-18(28)6-2-4-12-3-1-5-13(9-12)20(25,26)27/h1,3,5,7,9-11H,2,4,6,8H2. The third-order valence-corrected chi connectivity index (χ3v) is 4.65. The predicted octanol–water partition coefficient (Wildman–Crippen LogP) is 7.64. The van der Waals surface area contributed by atoms with Gasteiger partial charge in [-0.15, -0.1) is 0 Å². The van der Waals surface area contributed by atoms with Gasteiger partial charge in [0.05, 0.1) is 15.6 Å². The van der Waals surface area contributed by atoms with Crippen LogP contribution in [0.3, 0.4) is 0 Å². The first kappa shape index (κ1) is 24.7. The lowest BCUT2D eigenvalue weighted by atomic mass is 10.1. The summed E-state index contributed by atoms with van der Waals surface area (Å²) in [6, 6.07) is 7.78. The molecule has 0 aliphatic heterocycles. The Kier molecular flexibility index (Phi) is 9.16. The van der Waals surface area contributed by atoms with Crippen LogP contribution in [-0.4, -0.2) is 12.6 Å². The molecule has 0 radical (unpaired) electrons. The van der Waals surface area contributed by atoms with E-state index in [4.69, 9.17) is 55.9 Å². The van der Waals surface area contributed by atoms with Gasteiger partial charge in [0.1, 0.15) is 16.8 Å². The normalized spacial score (nSPS) is 11.2. The van der Waals surface area contributed by atoms with Crippen molar-refractivity contribution < 1.29 is 27.4 Å². The van der Waals surface area contributed by atoms with Crippen molar-refractivity contribution in [3.05, 3.63) is 68.1 Å². The number of esters is 1. The summed E-state index contributed by atoms with van der Waals surface area (Å²) in [6.45, 7) is 0.0870. The Bertz CT molecular complexity index is 903. The van der Waals surface area contributed by atoms with Crippen LogP contribution in [0.2, 0.25) is 10.0 Å². The van der Waals surface area contributed by atoms with Crippen LogP contribution in [0.15, 0.2) is 47.0 Å². The molecule has 0 heterocycles. The van der Waals surface area contributed by atoms with Crippen LogP contribution in [0.1, 0.15) is 24.0 Å². The number of aryl methyl sites for hydroxylation is 1. The smallest absolute Gasteiger partial charge is 0.416 e. The number of halogens is 7. The van der Waals surface area contributed by atoms with E-state index in [9.17, 15) is 18.0 Å². The van der Waals surface area contributed by atoms with E-state index >= 15 is 0 Å². The minimum Gasteiger partial charge on any atom is -0.489 e. The van der Waals surface area contributed by atoms with Crippen molar-refractivity contribution in [2.24, 2.45) is 0 Å². The van der Waals surface area contributed by atoms with Crippen molar-refractivity contribution >= 4 is 52.4 Å². The molecule has 0 spiro atoms. The third kappa shape index (κ3) is 7.91. The van der Waals surface area contributed by atoms with Crippen LogP contribution >= 0.6 is 46.4 Å². The highest BCUT2D eigenvalue weighted by atomic mass is 35.5. The summed E-state index contributed by atoms with van der Waals surface area (Å²) < 4.78 is 48.8. The Morgan fingerprint density at radius 1 is 1.07 bits per heavy atom. The highest BCUT2D eigenvalue weighted by Crippen LogP contribution is 2.37. The molecule has 10 heteroatoms. The second-order valence-electron chi connectivity index (χ2n) is 6.05. The maximum absolute atomic E-state index is 12.7. The van der Waals surface area contributed by atoms with Gasteiger partial charge in [-0.05, 0) is 30.5 Å². The van der Waals surface area contributed by atoms with Crippen molar-refractivity contribution in [2.75, 3.05) is 6.61 Å². The molecule has 2 aromatic rings. The molecule has 0 saturated carbocycles. The molecule has 0 saturated heterocycles. The van der Waals surface area contributed by atoms with Crippen molar-refractivity contribution in [2.45, 2.75) is 25.4 Å². The van der Waals surface area contributed by atoms with E-state index < -0.39 is 17.7 Å². The fourth-order valence-corrected chi connectivity index (χ4v) is 3.09. The van der Waals surface area contributed by atoms with E-state index in [2.05, 4.69) is 0 Å². The summed E-state index contributed by atoms with van der Waals surface area (Å²) >= 11 is 23.2. The second kappa shape index (κ2) is 11.1. The SMILES string of the molecule is O=C(CCCc1cccc(C(F)(F)F)c1)Oc1c(Cl)cc(OCC=C(Cl)Cl)cc1Cl. The summed E-state index contributed by atoms with van der Waals surface area (Å²) in [7, 11) is 0. The molecule has 0 aliphatic rings. The number of ether oxygens (including phenoxy) is 2. The molecule has 3 nitrogen and oxygen atoms in total. The van der Waals surface area contributed by atoms with Gasteiger partial charge in [-0.25, -0.2) is 0 Å². The lowest BCUT2D eigenvalue weighted by Crippen LogP contribution is -2.09. The number of hydrogen-bond donors (Lipinski definition) is 0. The summed E-state index contributed by atoms with van der Waals surface area (Å²) in [5.74, 6) is -0.322. The van der Waals surface area contributed by atoms with Gasteiger partial charge in [0, 0.05) is 18.6 Å². The van der Waals surface area contributed by atoms with Crippen LogP contribution in [-0.2, 0) is 17.4 Å². The number of rotatable bonds is 8. The molecular weight excluding hydrogens is 487 g/mol. The van der Waals surface area contributed by atoms with E-state index in [1.165, 1.54) is 24.3 Å². The topological polar surface area (TPSA) is 35.5 Å². The van der Waals surface area contributed by atoms with E-state index in [1.54, 1.807) is 6.07 Å². The van der Waals surface area contributed by atoms with Crippen LogP contribution in [0.25, 0.3) is 0 Å². The molecule has 162 valence electrons. The highest BCUT2D eigenvalue weighted by molar-refractivity contribution is 6.55. The number of benzene rings is 2. The number of hydrogen-bond acceptors (Lipinski definition) is 3. The molecule has 2 aromatic carbocycles. The fourth-order valence-electron chi connectivity index (χ4n) is 2.42. The van der Waals surface area contributed by atoms with Crippen LogP contribution in [0.5, 0.6) is 11.5 Å². The lowest BCUT2D eigenvalue weighted by molar-refractivity contribution is -0.138. The van der Waals surface area contributed by atoms with Gasteiger partial charge in [-0.2, -0.15) is 13.2 Å². The van der Waals surface area contributed by atoms with Gasteiger partial charge >= 0.3 is 12.1 Å². The van der Waals surface area contributed by atoms with Crippen molar-refractivity contribution in [1.29, 1.82) is 0 Å². The van der Waals surface area contributed by atoms with Gasteiger partial charge in [-0.3, -0.25) is 4.79 Å². The highest BCUT2D eigenvalue weighted by Gasteiger charge is 2.30. The lowest BCUT2D eigenvalue weighted by Gasteiger charge is -2.11. The number of carbonyl (C=O) groups excluding carboxylic acids is 1. The van der Waals surface area contributed by atoms with Crippen molar-refractivity contribution in [3.8, 4) is 11.5 Å². The zero-order chi connectivity index (χ0) is 22.3. The zero-order valence-electron chi connectivity index (χ0n) is 15.2. The maximum Gasteiger partial charge on any atom is 0.416 e. The minimum absolute atomic E-state index is 0.0272. The summed E-state index contributed by atoms with van der Waals surface area (Å²) in [5, 5.41) is 0.120. The maximum atomic E-state index is 12.7. The summed E-state index contributed by atoms with van der Waals surface area (Å²) in [6.07, 6.45) is -2.44. The Morgan fingerprint density at radius 3 is 2.33 bits per heavy atom. The molecule has 0 aromatic heterocycles. The van der Waals surface area contributed by atoms with Crippen LogP contribution < -0.4 is 9.47 Å². The van der Waals surface area contributed by atoms with E-state index in [0.29, 0.717) is 17.7 Å². The molecule has 2 rings (SSSR count). The van der Waals surface area contributed by atoms with Gasteiger partial charge in [-0.1, -0.05) is 64.6 Å². The monoisotopic (exact) mass is 500 g/mol. The molecule has 0 amide bonds. The first-order valence-corrected chi connectivity index (χ1v) is 10.1. The first-order valence-electron chi connectivity index (χ1n) is 8.56. The Hall–Kier alpha value is -1.60. The zero-order valence-corrected chi connectivity index (χ0v) is 18.3. The molecule has 0 atom stereocenters. The average Bonchev–Trinajstić information content (AvgIpc) is 2.64. The fraction of sp³-hybridized carbons (Fsp3) is 0.250. The first-order chi connectivity index (χ1) is 14.1. The molecule has 0 N–H and O–H groups in total. The van der Waals surface area contributed by atoms with E-state index in [1.807, 2.05) is 0 Å². The molecule has 0 unspecified atom stereocenters. The van der Waals surface area contributed by atoms with Gasteiger partial charge in [0.25, 0.3) is 0 Å². The summed E-state index contributed by atoms with van der Waals surface area (Å²) in [5.41, 5.74) is -0.256. The molecule has 0 bridgehead atoms. The summed E-state index contributed by atoms with van der Waals surface area (Å²) in [4.78, 5) is 12.1. The van der Waals surface area contributed by atoms with Gasteiger partial charge in [0.15, 0.2) is 5.75 Å². The number of alkyl halides is 3. The third-order valence-electron chi connectivity index (χ3n) is 3.78. The predicted molar refractivity (Wildman–Crippen MR) is 112 cm³/mol. The molecule has 30 heavy (non-hydrogen) atoms. The van der Waals surface area contributed by atoms with Crippen molar-refractivity contribution in [3.63, 3.8) is 0 Å². The average molecular weight is 502 g/mol. The Labute approximate surface area is 191 Å². The van der Waals surface area contributed by atoms with Crippen LogP contribution in [0.4, 0.5) is 13.2 Å². The largest absolute Gasteiger partial charge is 0.489 e. The molecule has 0 aliphatic carbocycles. The van der Waals surface area contributed by atoms with Crippen LogP contribution in [0, 0.1) is 0 Å². The quantitative estimate of drug-likeness (QED) is 0.275. The Morgan fingerprint density at radius 2 is 1.73 bits per heavy atom. The number of carbonyl (C=O) groups is 1. The van der Waals surface area contributed by atoms with E-state index in [0.717, 1.165) is 12.1 Å². The molecule has 0 fully saturated rings.